The van der Waals surface area contributed by atoms with Gasteiger partial charge in [-0.1, -0.05) is 11.6 Å². The molecule has 7 heteroatoms. The van der Waals surface area contributed by atoms with Crippen molar-refractivity contribution in [3.05, 3.63) is 51.5 Å². The molecule has 0 aliphatic carbocycles. The molecular formula is C10H8ClN3O3. The van der Waals surface area contributed by atoms with Crippen molar-refractivity contribution in [1.29, 1.82) is 0 Å². The maximum Gasteiger partial charge on any atom is 0.433 e. The normalized spacial score (nSPS) is 10.2. The van der Waals surface area contributed by atoms with E-state index >= 15 is 0 Å². The van der Waals surface area contributed by atoms with Crippen LogP contribution in [0.3, 0.4) is 0 Å². The molecule has 2 rings (SSSR count). The summed E-state index contributed by atoms with van der Waals surface area (Å²) >= 11 is 5.63. The van der Waals surface area contributed by atoms with E-state index in [4.69, 9.17) is 16.0 Å². The largest absolute Gasteiger partial charge is 0.433 e. The molecule has 0 aliphatic heterocycles. The molecule has 88 valence electrons. The zero-order valence-corrected chi connectivity index (χ0v) is 9.35. The maximum absolute atomic E-state index is 10.4. The van der Waals surface area contributed by atoms with Crippen LogP contribution in [0.5, 0.6) is 0 Å². The number of nitrogens with one attached hydrogen (secondary N) is 1. The third-order valence-electron chi connectivity index (χ3n) is 2.02. The lowest BCUT2D eigenvalue weighted by Gasteiger charge is -2.02. The van der Waals surface area contributed by atoms with Crippen molar-refractivity contribution in [2.24, 2.45) is 0 Å². The van der Waals surface area contributed by atoms with Crippen LogP contribution in [0.15, 0.2) is 34.9 Å². The van der Waals surface area contributed by atoms with Gasteiger partial charge in [-0.25, -0.2) is 4.98 Å². The fourth-order valence-electron chi connectivity index (χ4n) is 1.23. The van der Waals surface area contributed by atoms with E-state index in [-0.39, 0.29) is 5.88 Å². The molecule has 2 aromatic rings. The zero-order valence-electron chi connectivity index (χ0n) is 8.59. The molecule has 0 atom stereocenters. The summed E-state index contributed by atoms with van der Waals surface area (Å²) in [5.74, 6) is 0.211. The molecule has 0 amide bonds. The van der Waals surface area contributed by atoms with Crippen LogP contribution in [-0.4, -0.2) is 9.91 Å². The van der Waals surface area contributed by atoms with Crippen molar-refractivity contribution < 1.29 is 9.34 Å². The van der Waals surface area contributed by atoms with Crippen molar-refractivity contribution in [2.75, 3.05) is 5.32 Å². The highest BCUT2D eigenvalue weighted by Crippen LogP contribution is 2.17. The number of hydrogen-bond acceptors (Lipinski definition) is 5. The van der Waals surface area contributed by atoms with E-state index in [9.17, 15) is 10.1 Å². The number of nitro groups is 1. The van der Waals surface area contributed by atoms with Crippen LogP contribution in [0.1, 0.15) is 5.76 Å². The first kappa shape index (κ1) is 11.4. The fraction of sp³-hybridized carbons (Fsp3) is 0.100. The summed E-state index contributed by atoms with van der Waals surface area (Å²) in [7, 11) is 0. The van der Waals surface area contributed by atoms with Gasteiger partial charge in [-0.05, 0) is 18.2 Å². The minimum absolute atomic E-state index is 0.268. The minimum Gasteiger partial charge on any atom is -0.404 e. The summed E-state index contributed by atoms with van der Waals surface area (Å²) < 4.78 is 4.98. The highest BCUT2D eigenvalue weighted by molar-refractivity contribution is 6.29. The lowest BCUT2D eigenvalue weighted by molar-refractivity contribution is -0.402. The van der Waals surface area contributed by atoms with E-state index in [1.807, 2.05) is 0 Å². The van der Waals surface area contributed by atoms with Gasteiger partial charge >= 0.3 is 5.88 Å². The number of nitrogens with zero attached hydrogens (tertiary/aromatic N) is 2. The van der Waals surface area contributed by atoms with Gasteiger partial charge in [-0.3, -0.25) is 10.1 Å². The molecule has 2 heterocycles. The van der Waals surface area contributed by atoms with Gasteiger partial charge in [0, 0.05) is 0 Å². The Hall–Kier alpha value is -2.08. The van der Waals surface area contributed by atoms with Crippen molar-refractivity contribution in [1.82, 2.24) is 4.98 Å². The molecule has 0 aliphatic rings. The maximum atomic E-state index is 10.4. The first-order chi connectivity index (χ1) is 8.15. The second-order valence-corrected chi connectivity index (χ2v) is 3.61. The summed E-state index contributed by atoms with van der Waals surface area (Å²) in [6.45, 7) is 0.344. The number of furan rings is 1. The minimum atomic E-state index is -0.576. The molecule has 0 bridgehead atoms. The van der Waals surface area contributed by atoms with Gasteiger partial charge in [0.25, 0.3) is 0 Å². The van der Waals surface area contributed by atoms with Crippen LogP contribution in [0.4, 0.5) is 11.6 Å². The molecular weight excluding hydrogens is 246 g/mol. The van der Waals surface area contributed by atoms with Crippen LogP contribution >= 0.6 is 11.6 Å². The molecule has 17 heavy (non-hydrogen) atoms. The molecule has 0 unspecified atom stereocenters. The Morgan fingerprint density at radius 2 is 2.24 bits per heavy atom. The Bertz CT molecular complexity index is 524. The standard InChI is InChI=1S/C10H8ClN3O3/c11-9-3-1-7(5-13-9)12-6-8-2-4-10(17-8)14(15)16/h1-5,12H,6H2. The number of halogens is 1. The summed E-state index contributed by atoms with van der Waals surface area (Å²) in [4.78, 5) is 13.7. The number of hydrogen-bond donors (Lipinski definition) is 1. The molecule has 0 radical (unpaired) electrons. The highest BCUT2D eigenvalue weighted by Gasteiger charge is 2.11. The lowest BCUT2D eigenvalue weighted by Crippen LogP contribution is -1.98. The van der Waals surface area contributed by atoms with E-state index in [0.717, 1.165) is 5.69 Å². The Labute approximate surface area is 101 Å². The van der Waals surface area contributed by atoms with E-state index in [1.54, 1.807) is 24.4 Å². The Balaban J connectivity index is 1.97. The van der Waals surface area contributed by atoms with Crippen molar-refractivity contribution in [2.45, 2.75) is 6.54 Å². The molecule has 1 N–H and O–H groups in total. The molecule has 0 fully saturated rings. The van der Waals surface area contributed by atoms with E-state index < -0.39 is 4.92 Å². The van der Waals surface area contributed by atoms with Crippen LogP contribution < -0.4 is 5.32 Å². The Morgan fingerprint density at radius 3 is 2.82 bits per heavy atom. The second kappa shape index (κ2) is 4.84. The number of pyridine rings is 1. The first-order valence-electron chi connectivity index (χ1n) is 4.73. The summed E-state index contributed by atoms with van der Waals surface area (Å²) in [6, 6.07) is 6.27. The predicted molar refractivity (Wildman–Crippen MR) is 61.9 cm³/mol. The van der Waals surface area contributed by atoms with Crippen LogP contribution in [-0.2, 0) is 6.54 Å². The van der Waals surface area contributed by atoms with Crippen molar-refractivity contribution >= 4 is 23.2 Å². The molecule has 0 saturated carbocycles. The van der Waals surface area contributed by atoms with Gasteiger partial charge in [-0.2, -0.15) is 0 Å². The number of rotatable bonds is 4. The van der Waals surface area contributed by atoms with Crippen LogP contribution in [0, 0.1) is 10.1 Å². The van der Waals surface area contributed by atoms with Crippen LogP contribution in [0.25, 0.3) is 0 Å². The topological polar surface area (TPSA) is 81.2 Å². The molecule has 0 aromatic carbocycles. The number of anilines is 1. The van der Waals surface area contributed by atoms with Gasteiger partial charge in [0.2, 0.25) is 0 Å². The summed E-state index contributed by atoms with van der Waals surface area (Å²) in [6.07, 6.45) is 1.57. The van der Waals surface area contributed by atoms with Crippen molar-refractivity contribution in [3.63, 3.8) is 0 Å². The highest BCUT2D eigenvalue weighted by atomic mass is 35.5. The zero-order chi connectivity index (χ0) is 12.3. The van der Waals surface area contributed by atoms with Gasteiger partial charge in [0.05, 0.1) is 24.5 Å². The van der Waals surface area contributed by atoms with Gasteiger partial charge in [0.15, 0.2) is 0 Å². The Kier molecular flexibility index (Phi) is 3.24. The number of aromatic nitrogens is 1. The van der Waals surface area contributed by atoms with Gasteiger partial charge in [-0.15, -0.1) is 0 Å². The van der Waals surface area contributed by atoms with Gasteiger partial charge < -0.3 is 9.73 Å². The smallest absolute Gasteiger partial charge is 0.404 e. The quantitative estimate of drug-likeness (QED) is 0.515. The lowest BCUT2D eigenvalue weighted by atomic mass is 10.4. The predicted octanol–water partition coefficient (Wildman–Crippen LogP) is 2.85. The average Bonchev–Trinajstić information content (AvgIpc) is 2.77. The summed E-state index contributed by atoms with van der Waals surface area (Å²) in [5.41, 5.74) is 0.758. The SMILES string of the molecule is O=[N+]([O-])c1ccc(CNc2ccc(Cl)nc2)o1. The first-order valence-corrected chi connectivity index (χ1v) is 5.11. The molecule has 2 aromatic heterocycles. The van der Waals surface area contributed by atoms with E-state index in [0.29, 0.717) is 17.5 Å². The molecule has 0 spiro atoms. The fourth-order valence-corrected chi connectivity index (χ4v) is 1.34. The monoisotopic (exact) mass is 253 g/mol. The van der Waals surface area contributed by atoms with Crippen molar-refractivity contribution in [3.8, 4) is 0 Å². The second-order valence-electron chi connectivity index (χ2n) is 3.22. The summed E-state index contributed by atoms with van der Waals surface area (Å²) in [5, 5.41) is 13.8. The van der Waals surface area contributed by atoms with Crippen LogP contribution in [0.2, 0.25) is 5.15 Å². The van der Waals surface area contributed by atoms with Gasteiger partial charge in [0.1, 0.15) is 15.8 Å². The Morgan fingerprint density at radius 1 is 1.41 bits per heavy atom. The molecule has 6 nitrogen and oxygen atoms in total. The van der Waals surface area contributed by atoms with E-state index in [2.05, 4.69) is 10.3 Å². The third kappa shape index (κ3) is 2.94. The molecule has 0 saturated heterocycles. The average molecular weight is 254 g/mol. The van der Waals surface area contributed by atoms with E-state index in [1.165, 1.54) is 6.07 Å². The third-order valence-corrected chi connectivity index (χ3v) is 2.25.